The SMILES string of the molecule is CO[C@@]1(CC[C@H](C)CO[C@@H]2O[C@H](CO)[C@@H](O)[C@H](O)[C@H]2O)O[C@H]2C[C@H]3[C@@H]4CC=C5C[C@@H](O)C[C@@H](O[C@@H]6O[C@H](CO)[C@@H](O)[C@H](O[C@@H]7OC[C@@H](O)[C@H](O)[C@H]7O)[C@H]6O[C@@H]6O[C@@H](C)[C@H](O)[C@@H](O)[C@H]6O)[C@]5(C)[C@H]4CC[C@]3(C)[C@H]2[C@@H]1C. The molecule has 5 heterocycles. The number of ether oxygens (including phenoxy) is 10. The van der Waals surface area contributed by atoms with E-state index in [1.54, 1.807) is 7.11 Å². The Balaban J connectivity index is 0.931. The zero-order valence-electron chi connectivity index (χ0n) is 43.1. The highest BCUT2D eigenvalue weighted by atomic mass is 16.8. The van der Waals surface area contributed by atoms with E-state index in [-0.39, 0.29) is 60.1 Å². The maximum Gasteiger partial charge on any atom is 0.187 e. The second-order valence-corrected chi connectivity index (χ2v) is 23.6. The highest BCUT2D eigenvalue weighted by Gasteiger charge is 2.69. The molecular formula is C51H84O23. The van der Waals surface area contributed by atoms with Crippen LogP contribution in [0.5, 0.6) is 0 Å². The largest absolute Gasteiger partial charge is 0.394 e. The van der Waals surface area contributed by atoms with Gasteiger partial charge in [-0.15, -0.1) is 0 Å². The monoisotopic (exact) mass is 1060 g/mol. The van der Waals surface area contributed by atoms with E-state index in [0.29, 0.717) is 19.3 Å². The number of fused-ring (bicyclic) bond motifs is 7. The van der Waals surface area contributed by atoms with E-state index in [1.807, 2.05) is 6.92 Å². The molecule has 13 N–H and O–H groups in total. The van der Waals surface area contributed by atoms with Crippen molar-refractivity contribution in [1.82, 2.24) is 0 Å². The highest BCUT2D eigenvalue weighted by Crippen LogP contribution is 2.70. The lowest BCUT2D eigenvalue weighted by atomic mass is 9.46. The van der Waals surface area contributed by atoms with Crippen LogP contribution >= 0.6 is 0 Å². The van der Waals surface area contributed by atoms with E-state index < -0.39 is 160 Å². The summed E-state index contributed by atoms with van der Waals surface area (Å²) in [6.45, 7) is 8.65. The number of aliphatic hydroxyl groups is 13. The standard InChI is InChI=1S/C51H84O23/c1-20(18-66-45-41(63)39(61)36(58)30(16-52)69-45)9-12-51(65-6)21(2)33-29(74-51)15-27-25-8-7-23-13-24(54)14-32(50(23,5)26(25)10-11-49(27,33)4)71-48-44(73-47-42(64)38(60)34(56)22(3)68-47)43(37(59)31(17-53)70-48)72-46-40(62)35(57)28(55)19-67-46/h7,20-22,24-48,52-64H,8-19H2,1-6H3/t20-,21-,22-,24+,25+,26-,27-,28+,29-,30+,31+,32+,33-,34-,35-,36+,37+,38+,39-,40+,41+,42+,43-,44+,45+,46-,47-,48-,49-,50-,51-/m0/s1. The average Bonchev–Trinajstić information content (AvgIpc) is 3.84. The Kier molecular flexibility index (Phi) is 17.4. The van der Waals surface area contributed by atoms with Crippen LogP contribution in [0.4, 0.5) is 0 Å². The number of aliphatic hydroxyl groups excluding tert-OH is 13. The Morgan fingerprint density at radius 1 is 0.703 bits per heavy atom. The maximum absolute atomic E-state index is 11.7. The molecule has 3 saturated carbocycles. The summed E-state index contributed by atoms with van der Waals surface area (Å²) in [6.07, 6.45) is -23.3. The van der Waals surface area contributed by atoms with Crippen LogP contribution in [0.25, 0.3) is 0 Å². The molecule has 9 aliphatic rings. The van der Waals surface area contributed by atoms with Gasteiger partial charge in [-0.2, -0.15) is 0 Å². The number of methoxy groups -OCH3 is 1. The van der Waals surface area contributed by atoms with Crippen molar-refractivity contribution in [2.75, 3.05) is 33.5 Å². The van der Waals surface area contributed by atoms with Crippen molar-refractivity contribution in [3.8, 4) is 0 Å². The van der Waals surface area contributed by atoms with Crippen molar-refractivity contribution in [3.63, 3.8) is 0 Å². The number of hydrogen-bond acceptors (Lipinski definition) is 23. The van der Waals surface area contributed by atoms with Crippen molar-refractivity contribution >= 4 is 0 Å². The first-order chi connectivity index (χ1) is 35.0. The molecule has 0 spiro atoms. The molecule has 0 bridgehead atoms. The lowest BCUT2D eigenvalue weighted by Gasteiger charge is -2.60. The van der Waals surface area contributed by atoms with Crippen molar-refractivity contribution in [3.05, 3.63) is 11.6 Å². The van der Waals surface area contributed by atoms with Gasteiger partial charge in [0, 0.05) is 31.3 Å². The van der Waals surface area contributed by atoms with Crippen LogP contribution in [-0.2, 0) is 47.4 Å². The molecule has 4 aliphatic carbocycles. The minimum absolute atomic E-state index is 0.00616. The first kappa shape index (κ1) is 57.5. The summed E-state index contributed by atoms with van der Waals surface area (Å²) in [6, 6.07) is 0. The van der Waals surface area contributed by atoms with E-state index in [4.69, 9.17) is 47.4 Å². The molecule has 31 atom stereocenters. The molecule has 5 saturated heterocycles. The molecule has 5 aliphatic heterocycles. The van der Waals surface area contributed by atoms with Gasteiger partial charge in [0.2, 0.25) is 0 Å². The predicted octanol–water partition coefficient (Wildman–Crippen LogP) is -2.74. The molecule has 426 valence electrons. The van der Waals surface area contributed by atoms with Gasteiger partial charge in [0.15, 0.2) is 30.9 Å². The normalized spacial score (nSPS) is 54.9. The van der Waals surface area contributed by atoms with Gasteiger partial charge < -0.3 is 114 Å². The molecule has 23 heteroatoms. The minimum atomic E-state index is -1.81. The molecule has 0 aromatic heterocycles. The molecule has 23 nitrogen and oxygen atoms in total. The summed E-state index contributed by atoms with van der Waals surface area (Å²) in [7, 11) is 1.68. The van der Waals surface area contributed by atoms with Gasteiger partial charge in [-0.1, -0.05) is 39.3 Å². The average molecular weight is 1070 g/mol. The zero-order valence-corrected chi connectivity index (χ0v) is 43.1. The lowest BCUT2D eigenvalue weighted by molar-refractivity contribution is -0.393. The Morgan fingerprint density at radius 3 is 2.05 bits per heavy atom. The van der Waals surface area contributed by atoms with Crippen LogP contribution in [0.2, 0.25) is 0 Å². The van der Waals surface area contributed by atoms with E-state index in [9.17, 15) is 66.4 Å². The summed E-state index contributed by atoms with van der Waals surface area (Å²) in [5.41, 5.74) is 0.201. The van der Waals surface area contributed by atoms with E-state index in [0.717, 1.165) is 31.3 Å². The molecule has 74 heavy (non-hydrogen) atoms. The second kappa shape index (κ2) is 22.4. The fourth-order valence-corrected chi connectivity index (χ4v) is 15.1. The molecule has 9 rings (SSSR count). The quantitative estimate of drug-likeness (QED) is 0.0740. The van der Waals surface area contributed by atoms with Gasteiger partial charge in [-0.3, -0.25) is 0 Å². The number of allylic oxidation sites excluding steroid dienone is 1. The smallest absolute Gasteiger partial charge is 0.187 e. The van der Waals surface area contributed by atoms with E-state index >= 15 is 0 Å². The van der Waals surface area contributed by atoms with Crippen LogP contribution in [0, 0.1) is 46.3 Å². The Morgan fingerprint density at radius 2 is 1.35 bits per heavy atom. The van der Waals surface area contributed by atoms with Crippen molar-refractivity contribution in [2.45, 2.75) is 227 Å². The van der Waals surface area contributed by atoms with Crippen molar-refractivity contribution in [2.24, 2.45) is 46.3 Å². The number of rotatable bonds is 15. The van der Waals surface area contributed by atoms with Crippen molar-refractivity contribution < 1.29 is 114 Å². The van der Waals surface area contributed by atoms with Crippen LogP contribution in [0.15, 0.2) is 11.6 Å². The summed E-state index contributed by atoms with van der Waals surface area (Å²) in [5.74, 6) is -0.286. The fraction of sp³-hybridized carbons (Fsp3) is 0.961. The summed E-state index contributed by atoms with van der Waals surface area (Å²) < 4.78 is 62.2. The van der Waals surface area contributed by atoms with Crippen molar-refractivity contribution in [1.29, 1.82) is 0 Å². The van der Waals surface area contributed by atoms with Gasteiger partial charge in [0.25, 0.3) is 0 Å². The number of hydrogen-bond donors (Lipinski definition) is 13. The Bertz CT molecular complexity index is 1920. The third-order valence-electron chi connectivity index (χ3n) is 19.5. The van der Waals surface area contributed by atoms with E-state index in [2.05, 4.69) is 26.8 Å². The first-order valence-corrected chi connectivity index (χ1v) is 26.8. The third kappa shape index (κ3) is 10.00. The summed E-state index contributed by atoms with van der Waals surface area (Å²) in [4.78, 5) is 0. The molecular weight excluding hydrogens is 981 g/mol. The zero-order chi connectivity index (χ0) is 53.5. The Hall–Kier alpha value is -1.18. The van der Waals surface area contributed by atoms with Crippen LogP contribution < -0.4 is 0 Å². The fourth-order valence-electron chi connectivity index (χ4n) is 15.1. The Labute approximate surface area is 431 Å². The maximum atomic E-state index is 11.7. The first-order valence-electron chi connectivity index (χ1n) is 26.8. The topological polar surface area (TPSA) is 355 Å². The molecule has 0 unspecified atom stereocenters. The van der Waals surface area contributed by atoms with E-state index in [1.165, 1.54) is 6.92 Å². The second-order valence-electron chi connectivity index (χ2n) is 23.6. The molecule has 0 aromatic carbocycles. The lowest BCUT2D eigenvalue weighted by Crippen LogP contribution is -2.67. The summed E-state index contributed by atoms with van der Waals surface area (Å²) >= 11 is 0. The minimum Gasteiger partial charge on any atom is -0.394 e. The van der Waals surface area contributed by atoms with Crippen LogP contribution in [0.3, 0.4) is 0 Å². The predicted molar refractivity (Wildman–Crippen MR) is 250 cm³/mol. The third-order valence-corrected chi connectivity index (χ3v) is 19.5. The molecule has 0 amide bonds. The van der Waals surface area contributed by atoms with Gasteiger partial charge in [-0.05, 0) is 80.5 Å². The molecule has 8 fully saturated rings. The molecule has 0 aromatic rings. The molecule has 0 radical (unpaired) electrons. The summed E-state index contributed by atoms with van der Waals surface area (Å²) in [5, 5.41) is 139. The van der Waals surface area contributed by atoms with Gasteiger partial charge >= 0.3 is 0 Å². The van der Waals surface area contributed by atoms with Gasteiger partial charge in [-0.25, -0.2) is 0 Å². The highest BCUT2D eigenvalue weighted by molar-refractivity contribution is 5.29. The van der Waals surface area contributed by atoms with Gasteiger partial charge in [0.05, 0.1) is 50.8 Å². The van der Waals surface area contributed by atoms with Crippen LogP contribution in [0.1, 0.15) is 86.0 Å². The van der Waals surface area contributed by atoms with Gasteiger partial charge in [0.1, 0.15) is 85.5 Å². The van der Waals surface area contributed by atoms with Crippen LogP contribution in [-0.4, -0.2) is 241 Å².